The van der Waals surface area contributed by atoms with Crippen LogP contribution in [0.1, 0.15) is 45.3 Å². The molecule has 0 bridgehead atoms. The van der Waals surface area contributed by atoms with Gasteiger partial charge in [-0.3, -0.25) is 4.79 Å². The summed E-state index contributed by atoms with van der Waals surface area (Å²) in [6.07, 6.45) is 1.86. The van der Waals surface area contributed by atoms with Gasteiger partial charge in [0.2, 0.25) is 5.75 Å². The zero-order valence-corrected chi connectivity index (χ0v) is 17.7. The van der Waals surface area contributed by atoms with E-state index in [1.165, 1.54) is 26.0 Å². The Balaban J connectivity index is 2.60. The van der Waals surface area contributed by atoms with Crippen molar-refractivity contribution in [1.82, 2.24) is 14.8 Å². The maximum absolute atomic E-state index is 13.0. The predicted molar refractivity (Wildman–Crippen MR) is 106 cm³/mol. The number of ether oxygens (including phenoxy) is 4. The topological polar surface area (TPSA) is 84.7 Å². The molecular formula is C20H29N3O5. The van der Waals surface area contributed by atoms with Crippen LogP contribution in [0.5, 0.6) is 23.3 Å². The molecule has 0 fully saturated rings. The molecule has 154 valence electrons. The number of carbonyl (C=O) groups excluding carboxylic acids is 1. The SMILES string of the molecule is CCCCOc1nc(-c2cc(OC)c(OC)c(OC)c2)n(C(=O)C(C)(C)C)n1. The number of unbranched alkanes of at least 4 members (excludes halogenated alkanes) is 1. The lowest BCUT2D eigenvalue weighted by Gasteiger charge is -2.18. The van der Waals surface area contributed by atoms with Crippen molar-refractivity contribution in [2.45, 2.75) is 40.5 Å². The van der Waals surface area contributed by atoms with Crippen LogP contribution in [0.2, 0.25) is 0 Å². The Bertz CT molecular complexity index is 799. The van der Waals surface area contributed by atoms with Gasteiger partial charge in [-0.15, -0.1) is 5.10 Å². The molecule has 0 unspecified atom stereocenters. The largest absolute Gasteiger partial charge is 0.493 e. The van der Waals surface area contributed by atoms with Crippen LogP contribution in [-0.2, 0) is 0 Å². The van der Waals surface area contributed by atoms with Gasteiger partial charge in [-0.25, -0.2) is 0 Å². The predicted octanol–water partition coefficient (Wildman–Crippen LogP) is 3.84. The van der Waals surface area contributed by atoms with Crippen molar-refractivity contribution in [2.75, 3.05) is 27.9 Å². The van der Waals surface area contributed by atoms with Crippen LogP contribution in [0.3, 0.4) is 0 Å². The maximum Gasteiger partial charge on any atom is 0.336 e. The van der Waals surface area contributed by atoms with E-state index in [-0.39, 0.29) is 11.9 Å². The zero-order valence-electron chi connectivity index (χ0n) is 17.7. The molecule has 0 aliphatic heterocycles. The molecule has 0 aliphatic carbocycles. The second-order valence-electron chi connectivity index (χ2n) is 7.30. The number of rotatable bonds is 8. The molecule has 1 aromatic carbocycles. The van der Waals surface area contributed by atoms with Gasteiger partial charge in [0.05, 0.1) is 27.9 Å². The summed E-state index contributed by atoms with van der Waals surface area (Å²) in [6.45, 7) is 8.04. The smallest absolute Gasteiger partial charge is 0.336 e. The third-order valence-electron chi connectivity index (χ3n) is 4.07. The standard InChI is InChI=1S/C20H29N3O5/c1-8-9-10-28-19-21-17(23(22-19)18(24)20(2,3)4)13-11-14(25-5)16(27-7)15(12-13)26-6/h11-12H,8-10H2,1-7H3. The van der Waals surface area contributed by atoms with Crippen molar-refractivity contribution in [1.29, 1.82) is 0 Å². The third-order valence-corrected chi connectivity index (χ3v) is 4.07. The highest BCUT2D eigenvalue weighted by Gasteiger charge is 2.29. The van der Waals surface area contributed by atoms with Crippen LogP contribution in [0, 0.1) is 5.41 Å². The molecule has 0 atom stereocenters. The van der Waals surface area contributed by atoms with Crippen molar-refractivity contribution in [3.8, 4) is 34.6 Å². The molecule has 0 amide bonds. The lowest BCUT2D eigenvalue weighted by Crippen LogP contribution is -2.28. The zero-order chi connectivity index (χ0) is 20.9. The van der Waals surface area contributed by atoms with E-state index in [0.29, 0.717) is 35.2 Å². The van der Waals surface area contributed by atoms with Gasteiger partial charge in [0, 0.05) is 11.0 Å². The number of aromatic nitrogens is 3. The lowest BCUT2D eigenvalue weighted by molar-refractivity contribution is 0.0748. The number of carbonyl (C=O) groups is 1. The van der Waals surface area contributed by atoms with E-state index in [9.17, 15) is 4.79 Å². The average molecular weight is 391 g/mol. The highest BCUT2D eigenvalue weighted by atomic mass is 16.5. The monoisotopic (exact) mass is 391 g/mol. The minimum atomic E-state index is -0.649. The molecule has 0 saturated carbocycles. The van der Waals surface area contributed by atoms with E-state index in [1.807, 2.05) is 20.8 Å². The summed E-state index contributed by atoms with van der Waals surface area (Å²) in [5.41, 5.74) is -0.0472. The van der Waals surface area contributed by atoms with E-state index >= 15 is 0 Å². The summed E-state index contributed by atoms with van der Waals surface area (Å²) in [6, 6.07) is 3.62. The van der Waals surface area contributed by atoms with Crippen molar-refractivity contribution in [3.05, 3.63) is 12.1 Å². The normalized spacial score (nSPS) is 11.2. The number of benzene rings is 1. The number of nitrogens with zero attached hydrogens (tertiary/aromatic N) is 3. The fourth-order valence-corrected chi connectivity index (χ4v) is 2.52. The first-order valence-corrected chi connectivity index (χ1v) is 9.21. The molecular weight excluding hydrogens is 362 g/mol. The van der Waals surface area contributed by atoms with Crippen molar-refractivity contribution in [3.63, 3.8) is 0 Å². The van der Waals surface area contributed by atoms with Gasteiger partial charge in [0.1, 0.15) is 0 Å². The van der Waals surface area contributed by atoms with Crippen LogP contribution in [0.25, 0.3) is 11.4 Å². The molecule has 0 radical (unpaired) electrons. The number of methoxy groups -OCH3 is 3. The first-order valence-electron chi connectivity index (χ1n) is 9.21. The molecule has 0 N–H and O–H groups in total. The third kappa shape index (κ3) is 4.55. The second-order valence-corrected chi connectivity index (χ2v) is 7.30. The molecule has 8 nitrogen and oxygen atoms in total. The van der Waals surface area contributed by atoms with Gasteiger partial charge in [-0.05, 0) is 18.6 Å². The minimum Gasteiger partial charge on any atom is -0.493 e. The van der Waals surface area contributed by atoms with Gasteiger partial charge >= 0.3 is 6.01 Å². The Labute approximate surface area is 165 Å². The van der Waals surface area contributed by atoms with Crippen LogP contribution in [0.15, 0.2) is 12.1 Å². The fourth-order valence-electron chi connectivity index (χ4n) is 2.52. The summed E-state index contributed by atoms with van der Waals surface area (Å²) in [5.74, 6) is 1.53. The molecule has 2 aromatic rings. The fraction of sp³-hybridized carbons (Fsp3) is 0.550. The summed E-state index contributed by atoms with van der Waals surface area (Å²) in [4.78, 5) is 17.4. The van der Waals surface area contributed by atoms with Crippen LogP contribution < -0.4 is 18.9 Å². The molecule has 1 aromatic heterocycles. The molecule has 28 heavy (non-hydrogen) atoms. The Morgan fingerprint density at radius 1 is 1.07 bits per heavy atom. The van der Waals surface area contributed by atoms with E-state index in [2.05, 4.69) is 17.0 Å². The summed E-state index contributed by atoms with van der Waals surface area (Å²) in [7, 11) is 4.60. The first-order chi connectivity index (χ1) is 13.3. The molecule has 0 spiro atoms. The molecule has 0 saturated heterocycles. The van der Waals surface area contributed by atoms with Gasteiger partial charge in [-0.1, -0.05) is 34.1 Å². The number of hydrogen-bond donors (Lipinski definition) is 0. The maximum atomic E-state index is 13.0. The minimum absolute atomic E-state index is 0.162. The van der Waals surface area contributed by atoms with E-state index < -0.39 is 5.41 Å². The molecule has 1 heterocycles. The Hall–Kier alpha value is -2.77. The van der Waals surface area contributed by atoms with E-state index in [0.717, 1.165) is 12.8 Å². The van der Waals surface area contributed by atoms with Crippen molar-refractivity contribution >= 4 is 5.91 Å². The highest BCUT2D eigenvalue weighted by molar-refractivity contribution is 5.87. The summed E-state index contributed by atoms with van der Waals surface area (Å²) < 4.78 is 23.1. The Morgan fingerprint density at radius 2 is 1.68 bits per heavy atom. The van der Waals surface area contributed by atoms with Gasteiger partial charge in [0.15, 0.2) is 17.3 Å². The summed E-state index contributed by atoms with van der Waals surface area (Å²) >= 11 is 0. The summed E-state index contributed by atoms with van der Waals surface area (Å²) in [5, 5.41) is 4.30. The van der Waals surface area contributed by atoms with Gasteiger partial charge in [0.25, 0.3) is 5.91 Å². The quantitative estimate of drug-likeness (QED) is 0.632. The molecule has 0 aliphatic rings. The van der Waals surface area contributed by atoms with E-state index in [4.69, 9.17) is 18.9 Å². The Kier molecular flexibility index (Phi) is 6.88. The lowest BCUT2D eigenvalue weighted by atomic mass is 9.95. The number of hydrogen-bond acceptors (Lipinski definition) is 7. The van der Waals surface area contributed by atoms with Crippen LogP contribution in [-0.4, -0.2) is 48.6 Å². The first kappa shape index (κ1) is 21.5. The highest BCUT2D eigenvalue weighted by Crippen LogP contribution is 2.41. The van der Waals surface area contributed by atoms with Gasteiger partial charge < -0.3 is 18.9 Å². The van der Waals surface area contributed by atoms with Crippen molar-refractivity contribution < 1.29 is 23.7 Å². The van der Waals surface area contributed by atoms with Crippen LogP contribution >= 0.6 is 0 Å². The Morgan fingerprint density at radius 3 is 2.14 bits per heavy atom. The van der Waals surface area contributed by atoms with Gasteiger partial charge in [-0.2, -0.15) is 9.67 Å². The average Bonchev–Trinajstić information content (AvgIpc) is 3.09. The van der Waals surface area contributed by atoms with Crippen molar-refractivity contribution in [2.24, 2.45) is 5.41 Å². The van der Waals surface area contributed by atoms with Crippen LogP contribution in [0.4, 0.5) is 0 Å². The molecule has 8 heteroatoms. The molecule has 2 rings (SSSR count). The second kappa shape index (κ2) is 8.95. The van der Waals surface area contributed by atoms with E-state index in [1.54, 1.807) is 12.1 Å².